The second-order valence-electron chi connectivity index (χ2n) is 3.73. The maximum atomic E-state index is 12.7. The van der Waals surface area contributed by atoms with E-state index >= 15 is 0 Å². The monoisotopic (exact) mass is 250 g/mol. The molecule has 0 aliphatic heterocycles. The van der Waals surface area contributed by atoms with Crippen molar-refractivity contribution < 1.29 is 23.1 Å². The van der Waals surface area contributed by atoms with E-state index in [1.807, 2.05) is 6.92 Å². The quantitative estimate of drug-likeness (QED) is 0.873. The summed E-state index contributed by atoms with van der Waals surface area (Å²) in [7, 11) is 0. The fourth-order valence-electron chi connectivity index (χ4n) is 1.51. The first-order valence-electron chi connectivity index (χ1n) is 5.15. The minimum Gasteiger partial charge on any atom is -0.481 e. The first kappa shape index (κ1) is 13.5. The summed E-state index contributed by atoms with van der Waals surface area (Å²) in [6.45, 7) is 2.39. The van der Waals surface area contributed by atoms with Gasteiger partial charge in [-0.05, 0) is 6.42 Å². The third-order valence-electron chi connectivity index (χ3n) is 2.28. The molecule has 0 aliphatic rings. The highest BCUT2D eigenvalue weighted by Crippen LogP contribution is 2.37. The van der Waals surface area contributed by atoms with Gasteiger partial charge in [0.2, 0.25) is 0 Å². The summed E-state index contributed by atoms with van der Waals surface area (Å²) in [5, 5.41) is 12.3. The van der Waals surface area contributed by atoms with E-state index in [0.717, 1.165) is 12.6 Å². The summed E-state index contributed by atoms with van der Waals surface area (Å²) in [4.78, 5) is 10.4. The number of rotatable bonds is 5. The average Bonchev–Trinajstić information content (AvgIpc) is 2.61. The molecular weight excluding hydrogens is 237 g/mol. The standard InChI is InChI=1S/C10H13F3N2O2/c1-2-3-15-6-7(5-14-15)8(4-9(16)17)10(11,12)13/h5-6,8H,2-4H2,1H3,(H,16,17). The van der Waals surface area contributed by atoms with Crippen LogP contribution < -0.4 is 0 Å². The van der Waals surface area contributed by atoms with Gasteiger partial charge >= 0.3 is 12.1 Å². The molecule has 1 heterocycles. The Morgan fingerprint density at radius 1 is 1.59 bits per heavy atom. The van der Waals surface area contributed by atoms with Gasteiger partial charge in [-0.15, -0.1) is 0 Å². The van der Waals surface area contributed by atoms with E-state index < -0.39 is 24.5 Å². The molecule has 1 N–H and O–H groups in total. The van der Waals surface area contributed by atoms with Crippen LogP contribution in [0.1, 0.15) is 31.2 Å². The Balaban J connectivity index is 2.92. The summed E-state index contributed by atoms with van der Waals surface area (Å²) in [5.74, 6) is -3.47. The second kappa shape index (κ2) is 5.20. The van der Waals surface area contributed by atoms with E-state index in [1.165, 1.54) is 10.9 Å². The summed E-state index contributed by atoms with van der Waals surface area (Å²) in [5.41, 5.74) is -0.103. The van der Waals surface area contributed by atoms with Crippen molar-refractivity contribution in [3.05, 3.63) is 18.0 Å². The second-order valence-corrected chi connectivity index (χ2v) is 3.73. The van der Waals surface area contributed by atoms with Crippen molar-refractivity contribution in [2.75, 3.05) is 0 Å². The zero-order valence-electron chi connectivity index (χ0n) is 9.24. The van der Waals surface area contributed by atoms with Gasteiger partial charge in [0, 0.05) is 18.3 Å². The molecule has 0 bridgehead atoms. The van der Waals surface area contributed by atoms with Crippen molar-refractivity contribution in [1.82, 2.24) is 9.78 Å². The van der Waals surface area contributed by atoms with E-state index in [4.69, 9.17) is 5.11 Å². The Morgan fingerprint density at radius 2 is 2.24 bits per heavy atom. The Morgan fingerprint density at radius 3 is 2.71 bits per heavy atom. The van der Waals surface area contributed by atoms with Gasteiger partial charge in [0.25, 0.3) is 0 Å². The zero-order valence-corrected chi connectivity index (χ0v) is 9.24. The number of aryl methyl sites for hydroxylation is 1. The predicted molar refractivity (Wildman–Crippen MR) is 53.6 cm³/mol. The van der Waals surface area contributed by atoms with Gasteiger partial charge in [0.15, 0.2) is 0 Å². The topological polar surface area (TPSA) is 55.1 Å². The largest absolute Gasteiger partial charge is 0.481 e. The highest BCUT2D eigenvalue weighted by atomic mass is 19.4. The Hall–Kier alpha value is -1.53. The summed E-state index contributed by atoms with van der Waals surface area (Å²) in [6.07, 6.45) is -2.46. The van der Waals surface area contributed by atoms with Crippen molar-refractivity contribution in [3.8, 4) is 0 Å². The molecule has 17 heavy (non-hydrogen) atoms. The number of carbonyl (C=O) groups is 1. The molecule has 1 rings (SSSR count). The van der Waals surface area contributed by atoms with Gasteiger partial charge in [-0.1, -0.05) is 6.92 Å². The van der Waals surface area contributed by atoms with Gasteiger partial charge in [-0.3, -0.25) is 9.48 Å². The minimum atomic E-state index is -4.57. The molecule has 0 aromatic carbocycles. The number of alkyl halides is 3. The number of aliphatic carboxylic acids is 1. The highest BCUT2D eigenvalue weighted by Gasteiger charge is 2.42. The first-order valence-corrected chi connectivity index (χ1v) is 5.15. The molecule has 0 amide bonds. The number of carboxylic acid groups (broad SMARTS) is 1. The lowest BCUT2D eigenvalue weighted by molar-refractivity contribution is -0.163. The van der Waals surface area contributed by atoms with Crippen molar-refractivity contribution in [3.63, 3.8) is 0 Å². The molecule has 1 atom stereocenters. The Bertz CT molecular complexity index is 387. The van der Waals surface area contributed by atoms with Gasteiger partial charge in [-0.2, -0.15) is 18.3 Å². The van der Waals surface area contributed by atoms with Crippen molar-refractivity contribution in [2.24, 2.45) is 0 Å². The van der Waals surface area contributed by atoms with E-state index in [1.54, 1.807) is 0 Å². The van der Waals surface area contributed by atoms with Crippen molar-refractivity contribution >= 4 is 5.97 Å². The molecular formula is C10H13F3N2O2. The normalized spacial score (nSPS) is 13.6. The van der Waals surface area contributed by atoms with E-state index in [9.17, 15) is 18.0 Å². The molecule has 0 aliphatic carbocycles. The highest BCUT2D eigenvalue weighted by molar-refractivity contribution is 5.68. The lowest BCUT2D eigenvalue weighted by Gasteiger charge is -2.16. The summed E-state index contributed by atoms with van der Waals surface area (Å²) in [6, 6.07) is 0. The SMILES string of the molecule is CCCn1cc(C(CC(=O)O)C(F)(F)F)cn1. The van der Waals surface area contributed by atoms with Gasteiger partial charge in [-0.25, -0.2) is 0 Å². The third-order valence-corrected chi connectivity index (χ3v) is 2.28. The predicted octanol–water partition coefficient (Wildman–Crippen LogP) is 2.41. The molecule has 1 aromatic rings. The number of nitrogens with zero attached hydrogens (tertiary/aromatic N) is 2. The first-order chi connectivity index (χ1) is 7.84. The molecule has 0 spiro atoms. The van der Waals surface area contributed by atoms with Crippen LogP contribution in [-0.4, -0.2) is 27.0 Å². The maximum absolute atomic E-state index is 12.7. The van der Waals surface area contributed by atoms with E-state index in [0.29, 0.717) is 6.54 Å². The fraction of sp³-hybridized carbons (Fsp3) is 0.600. The van der Waals surface area contributed by atoms with Crippen LogP contribution in [0.15, 0.2) is 12.4 Å². The molecule has 96 valence electrons. The summed E-state index contributed by atoms with van der Waals surface area (Å²) < 4.78 is 39.4. The molecule has 1 unspecified atom stereocenters. The van der Waals surface area contributed by atoms with Gasteiger partial charge in [0.1, 0.15) is 0 Å². The number of hydrogen-bond acceptors (Lipinski definition) is 2. The molecule has 0 saturated carbocycles. The molecule has 1 aromatic heterocycles. The van der Waals surface area contributed by atoms with Crippen LogP contribution in [0.4, 0.5) is 13.2 Å². The van der Waals surface area contributed by atoms with Crippen molar-refractivity contribution in [1.29, 1.82) is 0 Å². The average molecular weight is 250 g/mol. The van der Waals surface area contributed by atoms with E-state index in [-0.39, 0.29) is 5.56 Å². The fourth-order valence-corrected chi connectivity index (χ4v) is 1.51. The minimum absolute atomic E-state index is 0.103. The van der Waals surface area contributed by atoms with Crippen LogP contribution in [0.25, 0.3) is 0 Å². The van der Waals surface area contributed by atoms with Crippen molar-refractivity contribution in [2.45, 2.75) is 38.4 Å². The maximum Gasteiger partial charge on any atom is 0.396 e. The summed E-state index contributed by atoms with van der Waals surface area (Å²) >= 11 is 0. The van der Waals surface area contributed by atoms with Crippen LogP contribution >= 0.6 is 0 Å². The van der Waals surface area contributed by atoms with E-state index in [2.05, 4.69) is 5.10 Å². The van der Waals surface area contributed by atoms with Crippen LogP contribution in [0, 0.1) is 0 Å². The lowest BCUT2D eigenvalue weighted by Crippen LogP contribution is -2.23. The van der Waals surface area contributed by atoms with Crippen LogP contribution in [0.2, 0.25) is 0 Å². The Kier molecular flexibility index (Phi) is 4.14. The van der Waals surface area contributed by atoms with Gasteiger partial charge in [0.05, 0.1) is 18.5 Å². The number of aromatic nitrogens is 2. The Labute approximate surface area is 96.0 Å². The molecule has 0 saturated heterocycles. The zero-order chi connectivity index (χ0) is 13.1. The lowest BCUT2D eigenvalue weighted by atomic mass is 9.98. The molecule has 7 heteroatoms. The number of hydrogen-bond donors (Lipinski definition) is 1. The number of carboxylic acids is 1. The number of halogens is 3. The van der Waals surface area contributed by atoms with Gasteiger partial charge < -0.3 is 5.11 Å². The van der Waals surface area contributed by atoms with Crippen LogP contribution in [0.5, 0.6) is 0 Å². The van der Waals surface area contributed by atoms with Crippen LogP contribution in [0.3, 0.4) is 0 Å². The third kappa shape index (κ3) is 3.76. The molecule has 4 nitrogen and oxygen atoms in total. The molecule has 0 fully saturated rings. The van der Waals surface area contributed by atoms with Crippen LogP contribution in [-0.2, 0) is 11.3 Å². The smallest absolute Gasteiger partial charge is 0.396 e. The molecule has 0 radical (unpaired) electrons.